The Morgan fingerprint density at radius 3 is 2.76 bits per heavy atom. The van der Waals surface area contributed by atoms with Gasteiger partial charge in [0.25, 0.3) is 0 Å². The standard InChI is InChI=1S/C15H25N5S/c1-12-11-20-14(13(2)17-15(20)21-12)10-16-4-5-19-8-6-18(3)7-9-19/h11,16H,4-10H2,1-3H3. The number of nitrogens with zero attached hydrogens (tertiary/aromatic N) is 4. The van der Waals surface area contributed by atoms with Gasteiger partial charge in [-0.15, -0.1) is 11.3 Å². The van der Waals surface area contributed by atoms with Crippen molar-refractivity contribution in [3.8, 4) is 0 Å². The molecule has 0 saturated carbocycles. The lowest BCUT2D eigenvalue weighted by Crippen LogP contribution is -2.46. The molecule has 0 unspecified atom stereocenters. The van der Waals surface area contributed by atoms with Gasteiger partial charge in [0.15, 0.2) is 4.96 Å². The van der Waals surface area contributed by atoms with E-state index in [1.165, 1.54) is 36.8 Å². The second-order valence-electron chi connectivity index (χ2n) is 5.96. The van der Waals surface area contributed by atoms with Gasteiger partial charge < -0.3 is 10.2 Å². The van der Waals surface area contributed by atoms with Crippen LogP contribution in [0.25, 0.3) is 4.96 Å². The summed E-state index contributed by atoms with van der Waals surface area (Å²) in [4.78, 5) is 12.0. The maximum absolute atomic E-state index is 4.64. The van der Waals surface area contributed by atoms with Crippen molar-refractivity contribution in [2.75, 3.05) is 46.3 Å². The number of rotatable bonds is 5. The van der Waals surface area contributed by atoms with Crippen molar-refractivity contribution >= 4 is 16.3 Å². The van der Waals surface area contributed by atoms with Crippen molar-refractivity contribution in [3.63, 3.8) is 0 Å². The highest BCUT2D eigenvalue weighted by molar-refractivity contribution is 7.17. The van der Waals surface area contributed by atoms with Gasteiger partial charge in [-0.2, -0.15) is 0 Å². The number of thiazole rings is 1. The third-order valence-electron chi connectivity index (χ3n) is 4.23. The maximum atomic E-state index is 4.64. The van der Waals surface area contributed by atoms with E-state index in [0.717, 1.165) is 30.3 Å². The lowest BCUT2D eigenvalue weighted by Gasteiger charge is -2.32. The normalized spacial score (nSPS) is 17.9. The molecule has 2 aromatic rings. The van der Waals surface area contributed by atoms with Crippen LogP contribution in [0, 0.1) is 13.8 Å². The van der Waals surface area contributed by atoms with Crippen LogP contribution in [0.5, 0.6) is 0 Å². The Morgan fingerprint density at radius 1 is 1.24 bits per heavy atom. The molecule has 5 nitrogen and oxygen atoms in total. The number of aryl methyl sites for hydroxylation is 2. The van der Waals surface area contributed by atoms with Crippen LogP contribution in [0.4, 0.5) is 0 Å². The summed E-state index contributed by atoms with van der Waals surface area (Å²) >= 11 is 1.76. The average molecular weight is 307 g/mol. The van der Waals surface area contributed by atoms with E-state index in [1.807, 2.05) is 0 Å². The first-order chi connectivity index (χ1) is 10.1. The van der Waals surface area contributed by atoms with Crippen molar-refractivity contribution in [1.29, 1.82) is 0 Å². The van der Waals surface area contributed by atoms with E-state index < -0.39 is 0 Å². The monoisotopic (exact) mass is 307 g/mol. The molecule has 1 aliphatic heterocycles. The number of hydrogen-bond acceptors (Lipinski definition) is 5. The molecule has 0 bridgehead atoms. The Labute approximate surface area is 130 Å². The predicted octanol–water partition coefficient (Wildman–Crippen LogP) is 1.35. The summed E-state index contributed by atoms with van der Waals surface area (Å²) in [6.07, 6.45) is 2.19. The molecule has 1 N–H and O–H groups in total. The molecule has 2 aromatic heterocycles. The van der Waals surface area contributed by atoms with E-state index >= 15 is 0 Å². The summed E-state index contributed by atoms with van der Waals surface area (Å²) in [6, 6.07) is 0. The third kappa shape index (κ3) is 3.45. The van der Waals surface area contributed by atoms with Gasteiger partial charge in [-0.1, -0.05) is 0 Å². The van der Waals surface area contributed by atoms with Crippen LogP contribution in [-0.4, -0.2) is 65.5 Å². The van der Waals surface area contributed by atoms with Crippen LogP contribution in [-0.2, 0) is 6.54 Å². The quantitative estimate of drug-likeness (QED) is 0.846. The number of fused-ring (bicyclic) bond motifs is 1. The molecule has 116 valence electrons. The minimum atomic E-state index is 0.900. The van der Waals surface area contributed by atoms with E-state index in [-0.39, 0.29) is 0 Å². The third-order valence-corrected chi connectivity index (χ3v) is 5.13. The molecule has 0 aromatic carbocycles. The molecule has 0 spiro atoms. The number of hydrogen-bond donors (Lipinski definition) is 1. The lowest BCUT2D eigenvalue weighted by atomic mass is 10.3. The summed E-state index contributed by atoms with van der Waals surface area (Å²) in [5.41, 5.74) is 2.45. The van der Waals surface area contributed by atoms with Crippen molar-refractivity contribution in [2.24, 2.45) is 0 Å². The lowest BCUT2D eigenvalue weighted by molar-refractivity contribution is 0.154. The molecule has 0 amide bonds. The summed E-state index contributed by atoms with van der Waals surface area (Å²) in [5, 5.41) is 3.58. The molecule has 3 heterocycles. The molecule has 0 radical (unpaired) electrons. The van der Waals surface area contributed by atoms with Crippen molar-refractivity contribution in [2.45, 2.75) is 20.4 Å². The molecule has 6 heteroatoms. The van der Waals surface area contributed by atoms with Gasteiger partial charge in [-0.05, 0) is 20.9 Å². The molecule has 1 aliphatic rings. The van der Waals surface area contributed by atoms with E-state index in [0.29, 0.717) is 0 Å². The molecule has 21 heavy (non-hydrogen) atoms. The zero-order valence-electron chi connectivity index (χ0n) is 13.2. The van der Waals surface area contributed by atoms with Gasteiger partial charge in [0, 0.05) is 56.9 Å². The van der Waals surface area contributed by atoms with Gasteiger partial charge in [-0.3, -0.25) is 9.30 Å². The van der Waals surface area contributed by atoms with Crippen LogP contribution in [0.2, 0.25) is 0 Å². The van der Waals surface area contributed by atoms with Crippen molar-refractivity contribution in [3.05, 3.63) is 22.5 Å². The first-order valence-electron chi connectivity index (χ1n) is 7.69. The van der Waals surface area contributed by atoms with Gasteiger partial charge in [-0.25, -0.2) is 4.98 Å². The maximum Gasteiger partial charge on any atom is 0.194 e. The fourth-order valence-corrected chi connectivity index (χ4v) is 3.73. The second kappa shape index (κ2) is 6.44. The predicted molar refractivity (Wildman–Crippen MR) is 88.2 cm³/mol. The van der Waals surface area contributed by atoms with Crippen molar-refractivity contribution < 1.29 is 0 Å². The van der Waals surface area contributed by atoms with Gasteiger partial charge in [0.1, 0.15) is 0 Å². The Morgan fingerprint density at radius 2 is 2.00 bits per heavy atom. The smallest absolute Gasteiger partial charge is 0.194 e. The fraction of sp³-hybridized carbons (Fsp3) is 0.667. The van der Waals surface area contributed by atoms with Crippen LogP contribution in [0.1, 0.15) is 16.3 Å². The van der Waals surface area contributed by atoms with Crippen LogP contribution >= 0.6 is 11.3 Å². The zero-order valence-corrected chi connectivity index (χ0v) is 14.0. The number of imidazole rings is 1. The molecule has 3 rings (SSSR count). The minimum Gasteiger partial charge on any atom is -0.310 e. The summed E-state index contributed by atoms with van der Waals surface area (Å²) in [7, 11) is 2.20. The van der Waals surface area contributed by atoms with Crippen LogP contribution < -0.4 is 5.32 Å². The number of piperazine rings is 1. The van der Waals surface area contributed by atoms with E-state index in [1.54, 1.807) is 11.3 Å². The highest BCUT2D eigenvalue weighted by atomic mass is 32.1. The highest BCUT2D eigenvalue weighted by Crippen LogP contribution is 2.20. The van der Waals surface area contributed by atoms with Crippen LogP contribution in [0.3, 0.4) is 0 Å². The van der Waals surface area contributed by atoms with E-state index in [4.69, 9.17) is 0 Å². The largest absolute Gasteiger partial charge is 0.310 e. The molecule has 1 fully saturated rings. The van der Waals surface area contributed by atoms with Crippen molar-refractivity contribution in [1.82, 2.24) is 24.5 Å². The van der Waals surface area contributed by atoms with E-state index in [9.17, 15) is 0 Å². The Bertz CT molecular complexity index is 594. The molecule has 1 saturated heterocycles. The number of aromatic nitrogens is 2. The summed E-state index contributed by atoms with van der Waals surface area (Å²) in [6.45, 7) is 12.1. The Kier molecular flexibility index (Phi) is 4.59. The Hall–Kier alpha value is -0.950. The molecule has 0 aliphatic carbocycles. The first-order valence-corrected chi connectivity index (χ1v) is 8.51. The zero-order chi connectivity index (χ0) is 14.8. The van der Waals surface area contributed by atoms with Gasteiger partial charge >= 0.3 is 0 Å². The second-order valence-corrected chi connectivity index (χ2v) is 7.17. The SMILES string of the molecule is Cc1cn2c(CNCCN3CCN(C)CC3)c(C)nc2s1. The molecular formula is C15H25N5S. The topological polar surface area (TPSA) is 35.8 Å². The van der Waals surface area contributed by atoms with E-state index in [2.05, 4.69) is 51.6 Å². The summed E-state index contributed by atoms with van der Waals surface area (Å²) < 4.78 is 2.23. The first kappa shape index (κ1) is 15.0. The Balaban J connectivity index is 1.49. The number of likely N-dealkylation sites (N-methyl/N-ethyl adjacent to an activating group) is 1. The minimum absolute atomic E-state index is 0.900. The fourth-order valence-electron chi connectivity index (χ4n) is 2.84. The van der Waals surface area contributed by atoms with Gasteiger partial charge in [0.05, 0.1) is 11.4 Å². The molecule has 0 atom stereocenters. The average Bonchev–Trinajstić information content (AvgIpc) is 2.93. The highest BCUT2D eigenvalue weighted by Gasteiger charge is 2.13. The number of nitrogens with one attached hydrogen (secondary N) is 1. The molecular weight excluding hydrogens is 282 g/mol. The van der Waals surface area contributed by atoms with Crippen LogP contribution in [0.15, 0.2) is 6.20 Å². The summed E-state index contributed by atoms with van der Waals surface area (Å²) in [5.74, 6) is 0. The van der Waals surface area contributed by atoms with Gasteiger partial charge in [0.2, 0.25) is 0 Å².